The number of rotatable bonds is 1. The number of fused-ring (bicyclic) bond motifs is 3. The van der Waals surface area contributed by atoms with E-state index in [0.29, 0.717) is 19.0 Å². The van der Waals surface area contributed by atoms with Gasteiger partial charge in [0.2, 0.25) is 0 Å². The fourth-order valence-electron chi connectivity index (χ4n) is 2.84. The molecule has 3 rings (SSSR count). The highest BCUT2D eigenvalue weighted by molar-refractivity contribution is 5.88. The van der Waals surface area contributed by atoms with E-state index in [1.807, 2.05) is 26.0 Å². The average molecular weight is 284 g/mol. The average Bonchev–Trinajstić information content (AvgIpc) is 2.70. The maximum absolute atomic E-state index is 6.12. The first-order valence-corrected chi connectivity index (χ1v) is 7.19. The Morgan fingerprint density at radius 2 is 2.19 bits per heavy atom. The largest absolute Gasteiger partial charge is 0.382 e. The Balaban J connectivity index is 2.57. The van der Waals surface area contributed by atoms with Crippen LogP contribution >= 0.6 is 0 Å². The number of anilines is 1. The second kappa shape index (κ2) is 5.33. The third-order valence-electron chi connectivity index (χ3n) is 3.93. The summed E-state index contributed by atoms with van der Waals surface area (Å²) in [4.78, 5) is 9.20. The minimum Gasteiger partial charge on any atom is -0.382 e. The first kappa shape index (κ1) is 13.8. The molecule has 3 heterocycles. The highest BCUT2D eigenvalue weighted by Crippen LogP contribution is 2.18. The van der Waals surface area contributed by atoms with Crippen molar-refractivity contribution in [2.24, 2.45) is 0 Å². The summed E-state index contributed by atoms with van der Waals surface area (Å²) in [5.41, 5.74) is 9.03. The van der Waals surface area contributed by atoms with Gasteiger partial charge in [0, 0.05) is 18.2 Å². The summed E-state index contributed by atoms with van der Waals surface area (Å²) < 4.78 is 7.77. The van der Waals surface area contributed by atoms with Crippen LogP contribution in [0.3, 0.4) is 0 Å². The zero-order valence-corrected chi connectivity index (χ0v) is 12.5. The molecule has 0 saturated heterocycles. The number of ether oxygens (including phenoxy) is 1. The second-order valence-electron chi connectivity index (χ2n) is 5.17. The third kappa shape index (κ3) is 2.14. The quantitative estimate of drug-likeness (QED) is 0.839. The van der Waals surface area contributed by atoms with E-state index in [2.05, 4.69) is 16.1 Å². The minimum atomic E-state index is 0.486. The summed E-state index contributed by atoms with van der Waals surface area (Å²) in [6.45, 7) is 10.1. The van der Waals surface area contributed by atoms with E-state index in [-0.39, 0.29) is 0 Å². The molecule has 0 radical (unpaired) electrons. The molecule has 0 saturated carbocycles. The molecule has 110 valence electrons. The molecular weight excluding hydrogens is 264 g/mol. The van der Waals surface area contributed by atoms with Gasteiger partial charge in [0.05, 0.1) is 24.1 Å². The van der Waals surface area contributed by atoms with E-state index in [1.54, 1.807) is 0 Å². The van der Waals surface area contributed by atoms with Crippen LogP contribution in [-0.4, -0.2) is 27.7 Å². The van der Waals surface area contributed by atoms with Gasteiger partial charge < -0.3 is 15.0 Å². The first-order chi connectivity index (χ1) is 10.2. The number of nitrogen functional groups attached to an aromatic ring is 1. The van der Waals surface area contributed by atoms with Crippen molar-refractivity contribution in [1.82, 2.24) is 14.5 Å². The van der Waals surface area contributed by atoms with Crippen molar-refractivity contribution in [3.8, 4) is 0 Å². The van der Waals surface area contributed by atoms with E-state index in [0.717, 1.165) is 46.0 Å². The lowest BCUT2D eigenvalue weighted by atomic mass is 10.1. The van der Waals surface area contributed by atoms with Crippen LogP contribution in [0.25, 0.3) is 22.7 Å². The molecule has 21 heavy (non-hydrogen) atoms. The minimum absolute atomic E-state index is 0.486. The van der Waals surface area contributed by atoms with Gasteiger partial charge in [0.1, 0.15) is 11.3 Å². The number of pyridine rings is 1. The molecule has 2 N–H and O–H groups in total. The maximum atomic E-state index is 6.12. The van der Waals surface area contributed by atoms with Crippen LogP contribution in [0, 0.1) is 0 Å². The topological polar surface area (TPSA) is 66.0 Å². The van der Waals surface area contributed by atoms with Crippen LogP contribution in [0.2, 0.25) is 0 Å². The molecule has 0 bridgehead atoms. The van der Waals surface area contributed by atoms with Crippen molar-refractivity contribution in [3.63, 3.8) is 0 Å². The zero-order valence-electron chi connectivity index (χ0n) is 12.5. The smallest absolute Gasteiger partial charge is 0.152 e. The lowest BCUT2D eigenvalue weighted by molar-refractivity contribution is 0.140. The molecule has 0 spiro atoms. The fourth-order valence-corrected chi connectivity index (χ4v) is 2.84. The van der Waals surface area contributed by atoms with Crippen molar-refractivity contribution in [3.05, 3.63) is 29.0 Å². The first-order valence-electron chi connectivity index (χ1n) is 7.19. The summed E-state index contributed by atoms with van der Waals surface area (Å²) in [5.74, 6) is 1.50. The van der Waals surface area contributed by atoms with Gasteiger partial charge in [-0.2, -0.15) is 0 Å². The van der Waals surface area contributed by atoms with Crippen molar-refractivity contribution in [1.29, 1.82) is 0 Å². The number of nitrogens with zero attached hydrogens (tertiary/aromatic N) is 3. The molecular formula is C16H20N4O. The van der Waals surface area contributed by atoms with Crippen LogP contribution in [-0.2, 0) is 17.7 Å². The van der Waals surface area contributed by atoms with Crippen molar-refractivity contribution in [2.45, 2.75) is 26.8 Å². The van der Waals surface area contributed by atoms with E-state index < -0.39 is 0 Å². The molecule has 2 aromatic rings. The normalized spacial score (nSPS) is 17.5. The van der Waals surface area contributed by atoms with Gasteiger partial charge in [-0.25, -0.2) is 9.97 Å². The number of hydrogen-bond acceptors (Lipinski definition) is 4. The van der Waals surface area contributed by atoms with Crippen LogP contribution < -0.4 is 16.3 Å². The molecule has 0 unspecified atom stereocenters. The van der Waals surface area contributed by atoms with Gasteiger partial charge in [-0.3, -0.25) is 0 Å². The Hall–Kier alpha value is -2.14. The molecule has 0 fully saturated rings. The van der Waals surface area contributed by atoms with E-state index >= 15 is 0 Å². The standard InChI is InChI=1S/C16H20N4O/c1-4-10(3)13-11(5-2)18-16(17)14-15(13)20-7-9-21-8-6-12(20)19-14/h4-5H,1,6-9H2,2-3H3,(H2,17,18)/b11-5+,13-10+. The summed E-state index contributed by atoms with van der Waals surface area (Å²) >= 11 is 0. The Kier molecular flexibility index (Phi) is 3.51. The monoisotopic (exact) mass is 284 g/mol. The number of hydrogen-bond donors (Lipinski definition) is 1. The third-order valence-corrected chi connectivity index (χ3v) is 3.93. The van der Waals surface area contributed by atoms with E-state index in [1.165, 1.54) is 0 Å². The predicted molar refractivity (Wildman–Crippen MR) is 85.1 cm³/mol. The van der Waals surface area contributed by atoms with Gasteiger partial charge in [-0.15, -0.1) is 0 Å². The second-order valence-corrected chi connectivity index (χ2v) is 5.17. The Labute approximate surface area is 123 Å². The molecule has 0 amide bonds. The van der Waals surface area contributed by atoms with Crippen LogP contribution in [0.4, 0.5) is 5.82 Å². The van der Waals surface area contributed by atoms with E-state index in [4.69, 9.17) is 15.5 Å². The van der Waals surface area contributed by atoms with Gasteiger partial charge in [-0.05, 0) is 19.4 Å². The highest BCUT2D eigenvalue weighted by Gasteiger charge is 2.18. The molecule has 1 aliphatic heterocycles. The molecule has 5 heteroatoms. The Morgan fingerprint density at radius 1 is 1.38 bits per heavy atom. The molecule has 0 aromatic carbocycles. The molecule has 5 nitrogen and oxygen atoms in total. The lowest BCUT2D eigenvalue weighted by Crippen LogP contribution is -2.32. The van der Waals surface area contributed by atoms with Crippen LogP contribution in [0.1, 0.15) is 19.7 Å². The predicted octanol–water partition coefficient (Wildman–Crippen LogP) is 0.743. The lowest BCUT2D eigenvalue weighted by Gasteiger charge is -2.07. The van der Waals surface area contributed by atoms with Gasteiger partial charge in [-0.1, -0.05) is 18.7 Å². The van der Waals surface area contributed by atoms with Crippen LogP contribution in [0.5, 0.6) is 0 Å². The summed E-state index contributed by atoms with van der Waals surface area (Å²) in [6.07, 6.45) is 4.63. The molecule has 0 atom stereocenters. The number of aromatic nitrogens is 3. The summed E-state index contributed by atoms with van der Waals surface area (Å²) in [7, 11) is 0. The fraction of sp³-hybridized carbons (Fsp3) is 0.375. The zero-order chi connectivity index (χ0) is 15.0. The molecule has 1 aliphatic rings. The Bertz CT molecular complexity index is 832. The number of nitrogens with two attached hydrogens (primary N) is 1. The highest BCUT2D eigenvalue weighted by atomic mass is 16.5. The Morgan fingerprint density at radius 3 is 2.90 bits per heavy atom. The van der Waals surface area contributed by atoms with Crippen molar-refractivity contribution in [2.75, 3.05) is 18.9 Å². The maximum Gasteiger partial charge on any atom is 0.152 e. The van der Waals surface area contributed by atoms with Gasteiger partial charge >= 0.3 is 0 Å². The SMILES string of the molecule is C=C/C(C)=c1\c(=C/C)nc(N)c2nc3n(c12)CCOCC3. The molecule has 0 aliphatic carbocycles. The summed E-state index contributed by atoms with van der Waals surface area (Å²) in [6, 6.07) is 0. The van der Waals surface area contributed by atoms with Crippen LogP contribution in [0.15, 0.2) is 12.7 Å². The van der Waals surface area contributed by atoms with E-state index in [9.17, 15) is 0 Å². The van der Waals surface area contributed by atoms with Gasteiger partial charge in [0.25, 0.3) is 0 Å². The number of allylic oxidation sites excluding steroid dienone is 1. The van der Waals surface area contributed by atoms with Crippen molar-refractivity contribution >= 4 is 28.5 Å². The van der Waals surface area contributed by atoms with Crippen molar-refractivity contribution < 1.29 is 4.74 Å². The summed E-state index contributed by atoms with van der Waals surface area (Å²) in [5, 5.41) is 1.95. The molecule has 2 aromatic heterocycles. The number of imidazole rings is 1. The van der Waals surface area contributed by atoms with Gasteiger partial charge in [0.15, 0.2) is 5.82 Å².